The Morgan fingerprint density at radius 3 is 2.47 bits per heavy atom. The van der Waals surface area contributed by atoms with E-state index >= 15 is 0 Å². The molecule has 0 fully saturated rings. The molecule has 104 valence electrons. The molecule has 0 aliphatic rings. The number of aryl methyl sites for hydroxylation is 2. The Hall–Kier alpha value is -1.84. The molecule has 1 aromatic rings. The zero-order chi connectivity index (χ0) is 14.4. The molecule has 4 nitrogen and oxygen atoms in total. The van der Waals surface area contributed by atoms with Gasteiger partial charge in [0.2, 0.25) is 5.91 Å². The summed E-state index contributed by atoms with van der Waals surface area (Å²) < 4.78 is 5.26. The van der Waals surface area contributed by atoms with Crippen LogP contribution in [0.4, 0.5) is 0 Å². The van der Waals surface area contributed by atoms with Crippen molar-refractivity contribution in [2.45, 2.75) is 33.6 Å². The first kappa shape index (κ1) is 15.2. The van der Waals surface area contributed by atoms with Crippen LogP contribution >= 0.6 is 0 Å². The van der Waals surface area contributed by atoms with Gasteiger partial charge in [0.25, 0.3) is 0 Å². The van der Waals surface area contributed by atoms with Crippen LogP contribution in [0, 0.1) is 13.8 Å². The van der Waals surface area contributed by atoms with E-state index in [0.29, 0.717) is 6.54 Å². The SMILES string of the molecule is COc1cc(C)c(CCNC(=O)CC(C)=O)cc1C. The van der Waals surface area contributed by atoms with Gasteiger partial charge in [-0.15, -0.1) is 0 Å². The number of benzene rings is 1. The molecule has 0 unspecified atom stereocenters. The topological polar surface area (TPSA) is 55.4 Å². The van der Waals surface area contributed by atoms with Crippen LogP contribution in [0.3, 0.4) is 0 Å². The minimum atomic E-state index is -0.213. The molecule has 1 rings (SSSR count). The second-order valence-corrected chi connectivity index (χ2v) is 4.73. The molecule has 1 amide bonds. The van der Waals surface area contributed by atoms with Gasteiger partial charge in [-0.1, -0.05) is 6.07 Å². The highest BCUT2D eigenvalue weighted by atomic mass is 16.5. The van der Waals surface area contributed by atoms with Crippen LogP contribution in [0.1, 0.15) is 30.0 Å². The molecule has 0 atom stereocenters. The number of hydrogen-bond donors (Lipinski definition) is 1. The first-order valence-electron chi connectivity index (χ1n) is 6.34. The summed E-state index contributed by atoms with van der Waals surface area (Å²) in [4.78, 5) is 22.1. The number of Topliss-reactive ketones (excluding diaryl/α,β-unsaturated/α-hetero) is 1. The molecule has 0 saturated heterocycles. The normalized spacial score (nSPS) is 10.1. The van der Waals surface area contributed by atoms with E-state index in [1.807, 2.05) is 19.9 Å². The smallest absolute Gasteiger partial charge is 0.227 e. The third-order valence-corrected chi connectivity index (χ3v) is 2.98. The van der Waals surface area contributed by atoms with Crippen molar-refractivity contribution in [1.82, 2.24) is 5.32 Å². The molecule has 0 aromatic heterocycles. The summed E-state index contributed by atoms with van der Waals surface area (Å²) in [7, 11) is 1.66. The zero-order valence-electron chi connectivity index (χ0n) is 12.0. The van der Waals surface area contributed by atoms with Crippen molar-refractivity contribution < 1.29 is 14.3 Å². The van der Waals surface area contributed by atoms with Crippen LogP contribution in [0.5, 0.6) is 5.75 Å². The van der Waals surface area contributed by atoms with Crippen LogP contribution in [0.15, 0.2) is 12.1 Å². The summed E-state index contributed by atoms with van der Waals surface area (Å²) >= 11 is 0. The predicted octanol–water partition coefficient (Wildman–Crippen LogP) is 1.95. The molecule has 0 spiro atoms. The Labute approximate surface area is 114 Å². The Balaban J connectivity index is 2.56. The summed E-state index contributed by atoms with van der Waals surface area (Å²) in [6, 6.07) is 4.08. The molecule has 0 heterocycles. The second kappa shape index (κ2) is 6.92. The standard InChI is InChI=1S/C15H21NO3/c1-10-8-14(19-4)11(2)7-13(10)5-6-16-15(18)9-12(3)17/h7-8H,5-6,9H2,1-4H3,(H,16,18). The fourth-order valence-electron chi connectivity index (χ4n) is 1.96. The molecule has 0 bridgehead atoms. The second-order valence-electron chi connectivity index (χ2n) is 4.73. The number of carbonyl (C=O) groups excluding carboxylic acids is 2. The number of carbonyl (C=O) groups is 2. The summed E-state index contributed by atoms with van der Waals surface area (Å²) in [6.45, 7) is 5.97. The average molecular weight is 263 g/mol. The highest BCUT2D eigenvalue weighted by Crippen LogP contribution is 2.22. The number of nitrogens with one attached hydrogen (secondary N) is 1. The van der Waals surface area contributed by atoms with Gasteiger partial charge in [0.05, 0.1) is 13.5 Å². The fraction of sp³-hybridized carbons (Fsp3) is 0.467. The van der Waals surface area contributed by atoms with Crippen LogP contribution in [-0.4, -0.2) is 25.3 Å². The lowest BCUT2D eigenvalue weighted by Gasteiger charge is -2.11. The maximum atomic E-state index is 11.3. The fourth-order valence-corrected chi connectivity index (χ4v) is 1.96. The number of ether oxygens (including phenoxy) is 1. The van der Waals surface area contributed by atoms with Crippen molar-refractivity contribution >= 4 is 11.7 Å². The summed E-state index contributed by atoms with van der Waals surface area (Å²) in [5.74, 6) is 0.547. The van der Waals surface area contributed by atoms with Gasteiger partial charge in [0.15, 0.2) is 0 Å². The minimum absolute atomic E-state index is 0.0410. The first-order chi connectivity index (χ1) is 8.93. The largest absolute Gasteiger partial charge is 0.496 e. The van der Waals surface area contributed by atoms with Crippen LogP contribution in [0.2, 0.25) is 0 Å². The molecule has 4 heteroatoms. The van der Waals surface area contributed by atoms with Gasteiger partial charge in [-0.2, -0.15) is 0 Å². The Bertz CT molecular complexity index is 481. The summed E-state index contributed by atoms with van der Waals surface area (Å²) in [5, 5.41) is 2.75. The van der Waals surface area contributed by atoms with E-state index in [1.54, 1.807) is 7.11 Å². The lowest BCUT2D eigenvalue weighted by molar-refractivity contribution is -0.127. The highest BCUT2D eigenvalue weighted by molar-refractivity contribution is 5.96. The predicted molar refractivity (Wildman–Crippen MR) is 74.5 cm³/mol. The van der Waals surface area contributed by atoms with Gasteiger partial charge in [-0.25, -0.2) is 0 Å². The zero-order valence-corrected chi connectivity index (χ0v) is 12.0. The van der Waals surface area contributed by atoms with Gasteiger partial charge in [0.1, 0.15) is 11.5 Å². The monoisotopic (exact) mass is 263 g/mol. The molecule has 19 heavy (non-hydrogen) atoms. The van der Waals surface area contributed by atoms with Crippen molar-refractivity contribution in [2.24, 2.45) is 0 Å². The van der Waals surface area contributed by atoms with Crippen molar-refractivity contribution in [3.05, 3.63) is 28.8 Å². The maximum absolute atomic E-state index is 11.3. The van der Waals surface area contributed by atoms with Crippen molar-refractivity contribution in [3.63, 3.8) is 0 Å². The first-order valence-corrected chi connectivity index (χ1v) is 6.34. The van der Waals surface area contributed by atoms with Crippen molar-refractivity contribution in [2.75, 3.05) is 13.7 Å². The average Bonchev–Trinajstić information content (AvgIpc) is 2.32. The molecule has 1 aromatic carbocycles. The van der Waals surface area contributed by atoms with Gasteiger partial charge in [-0.05, 0) is 49.9 Å². The number of rotatable bonds is 6. The molecule has 0 saturated carbocycles. The summed E-state index contributed by atoms with van der Waals surface area (Å²) in [5.41, 5.74) is 3.41. The third-order valence-electron chi connectivity index (χ3n) is 2.98. The van der Waals surface area contributed by atoms with Crippen LogP contribution in [-0.2, 0) is 16.0 Å². The number of ketones is 1. The molecular formula is C15H21NO3. The maximum Gasteiger partial charge on any atom is 0.227 e. The van der Waals surface area contributed by atoms with Gasteiger partial charge in [-0.3, -0.25) is 9.59 Å². The Morgan fingerprint density at radius 1 is 1.21 bits per heavy atom. The lowest BCUT2D eigenvalue weighted by Crippen LogP contribution is -2.27. The molecular weight excluding hydrogens is 242 g/mol. The Kier molecular flexibility index (Phi) is 5.55. The van der Waals surface area contributed by atoms with Crippen LogP contribution < -0.4 is 10.1 Å². The minimum Gasteiger partial charge on any atom is -0.496 e. The van der Waals surface area contributed by atoms with Crippen molar-refractivity contribution in [1.29, 1.82) is 0 Å². The van der Waals surface area contributed by atoms with Crippen LogP contribution in [0.25, 0.3) is 0 Å². The Morgan fingerprint density at radius 2 is 1.89 bits per heavy atom. The van der Waals surface area contributed by atoms with Gasteiger partial charge < -0.3 is 10.1 Å². The van der Waals surface area contributed by atoms with E-state index in [0.717, 1.165) is 23.3 Å². The molecule has 0 aliphatic heterocycles. The van der Waals surface area contributed by atoms with E-state index < -0.39 is 0 Å². The number of amides is 1. The molecule has 1 N–H and O–H groups in total. The quantitative estimate of drug-likeness (QED) is 0.798. The van der Waals surface area contributed by atoms with Gasteiger partial charge >= 0.3 is 0 Å². The lowest BCUT2D eigenvalue weighted by atomic mass is 10.0. The van der Waals surface area contributed by atoms with Crippen molar-refractivity contribution in [3.8, 4) is 5.75 Å². The van der Waals surface area contributed by atoms with Gasteiger partial charge in [0, 0.05) is 6.54 Å². The highest BCUT2D eigenvalue weighted by Gasteiger charge is 2.07. The summed E-state index contributed by atoms with van der Waals surface area (Å²) in [6.07, 6.45) is 0.709. The molecule has 0 aliphatic carbocycles. The third kappa shape index (κ3) is 4.73. The van der Waals surface area contributed by atoms with E-state index in [1.165, 1.54) is 12.5 Å². The van der Waals surface area contributed by atoms with E-state index in [9.17, 15) is 9.59 Å². The van der Waals surface area contributed by atoms with E-state index in [-0.39, 0.29) is 18.1 Å². The molecule has 0 radical (unpaired) electrons. The van der Waals surface area contributed by atoms with E-state index in [2.05, 4.69) is 11.4 Å². The number of hydrogen-bond acceptors (Lipinski definition) is 3. The number of methoxy groups -OCH3 is 1. The van der Waals surface area contributed by atoms with E-state index in [4.69, 9.17) is 4.74 Å².